The average molecular weight is 265 g/mol. The van der Waals surface area contributed by atoms with Gasteiger partial charge in [-0.1, -0.05) is 11.6 Å². The van der Waals surface area contributed by atoms with Crippen molar-refractivity contribution in [1.82, 2.24) is 15.0 Å². The molecule has 6 nitrogen and oxygen atoms in total. The van der Waals surface area contributed by atoms with Gasteiger partial charge in [0.15, 0.2) is 0 Å². The fourth-order valence-corrected chi connectivity index (χ4v) is 1.52. The summed E-state index contributed by atoms with van der Waals surface area (Å²) in [5.41, 5.74) is 0.831. The summed E-state index contributed by atoms with van der Waals surface area (Å²) >= 11 is 5.92. The van der Waals surface area contributed by atoms with Gasteiger partial charge in [0.2, 0.25) is 0 Å². The number of hydrogen-bond acceptors (Lipinski definition) is 5. The molecule has 0 aromatic carbocycles. The number of carboxylic acid groups (broad SMARTS) is 1. The average Bonchev–Trinajstić information content (AvgIpc) is 2.38. The molecule has 0 atom stereocenters. The zero-order valence-corrected chi connectivity index (χ0v) is 9.92. The van der Waals surface area contributed by atoms with E-state index in [1.54, 1.807) is 12.3 Å². The molecule has 0 radical (unpaired) electrons. The topological polar surface area (TPSA) is 88.0 Å². The lowest BCUT2D eigenvalue weighted by molar-refractivity contribution is 0.0696. The Kier molecular flexibility index (Phi) is 3.69. The predicted octanol–water partition coefficient (Wildman–Crippen LogP) is 1.84. The SMILES string of the molecule is O=C(O)c1cnc(NCc2ccncn2)c(Cl)c1. The molecule has 0 bridgehead atoms. The monoisotopic (exact) mass is 264 g/mol. The van der Waals surface area contributed by atoms with Gasteiger partial charge in [-0.2, -0.15) is 0 Å². The fourth-order valence-electron chi connectivity index (χ4n) is 1.28. The Balaban J connectivity index is 2.08. The minimum absolute atomic E-state index is 0.0487. The summed E-state index contributed by atoms with van der Waals surface area (Å²) < 4.78 is 0. The fraction of sp³-hybridized carbons (Fsp3) is 0.0909. The van der Waals surface area contributed by atoms with Gasteiger partial charge in [0, 0.05) is 12.4 Å². The summed E-state index contributed by atoms with van der Waals surface area (Å²) in [5.74, 6) is -0.646. The third-order valence-corrected chi connectivity index (χ3v) is 2.46. The van der Waals surface area contributed by atoms with E-state index in [-0.39, 0.29) is 10.6 Å². The van der Waals surface area contributed by atoms with Crippen molar-refractivity contribution in [1.29, 1.82) is 0 Å². The van der Waals surface area contributed by atoms with Crippen LogP contribution in [0.3, 0.4) is 0 Å². The summed E-state index contributed by atoms with van der Waals surface area (Å²) in [6, 6.07) is 3.10. The van der Waals surface area contributed by atoms with Crippen molar-refractivity contribution in [2.45, 2.75) is 6.54 Å². The molecule has 2 heterocycles. The molecule has 0 unspecified atom stereocenters. The van der Waals surface area contributed by atoms with Crippen LogP contribution in [0.15, 0.2) is 30.9 Å². The van der Waals surface area contributed by atoms with Gasteiger partial charge in [-0.15, -0.1) is 0 Å². The Hall–Kier alpha value is -2.21. The lowest BCUT2D eigenvalue weighted by Gasteiger charge is -2.07. The van der Waals surface area contributed by atoms with E-state index in [0.29, 0.717) is 12.4 Å². The molecule has 18 heavy (non-hydrogen) atoms. The Morgan fingerprint density at radius 3 is 2.89 bits per heavy atom. The predicted molar refractivity (Wildman–Crippen MR) is 65.6 cm³/mol. The third kappa shape index (κ3) is 2.92. The zero-order valence-electron chi connectivity index (χ0n) is 9.17. The van der Waals surface area contributed by atoms with Crippen molar-refractivity contribution in [3.63, 3.8) is 0 Å². The number of anilines is 1. The summed E-state index contributed by atoms with van der Waals surface area (Å²) in [4.78, 5) is 22.5. The molecular weight excluding hydrogens is 256 g/mol. The number of nitrogens with zero attached hydrogens (tertiary/aromatic N) is 3. The second kappa shape index (κ2) is 5.42. The van der Waals surface area contributed by atoms with Crippen molar-refractivity contribution in [3.05, 3.63) is 47.1 Å². The number of nitrogens with one attached hydrogen (secondary N) is 1. The summed E-state index contributed by atoms with van der Waals surface area (Å²) in [7, 11) is 0. The van der Waals surface area contributed by atoms with E-state index in [4.69, 9.17) is 16.7 Å². The smallest absolute Gasteiger partial charge is 0.337 e. The molecule has 0 aliphatic carbocycles. The Labute approximate surface area is 108 Å². The summed E-state index contributed by atoms with van der Waals surface area (Å²) in [6.45, 7) is 0.432. The van der Waals surface area contributed by atoms with E-state index in [1.807, 2.05) is 0 Å². The van der Waals surface area contributed by atoms with Gasteiger partial charge >= 0.3 is 5.97 Å². The molecule has 0 saturated heterocycles. The minimum atomic E-state index is -1.06. The van der Waals surface area contributed by atoms with Crippen molar-refractivity contribution >= 4 is 23.4 Å². The highest BCUT2D eigenvalue weighted by atomic mass is 35.5. The molecule has 7 heteroatoms. The standard InChI is InChI=1S/C11H9ClN4O2/c12-9-3-7(11(17)18)4-14-10(9)15-5-8-1-2-13-6-16-8/h1-4,6H,5H2,(H,14,15)(H,17,18). The van der Waals surface area contributed by atoms with E-state index in [9.17, 15) is 4.79 Å². The van der Waals surface area contributed by atoms with Crippen LogP contribution in [-0.4, -0.2) is 26.0 Å². The number of hydrogen-bond donors (Lipinski definition) is 2. The van der Waals surface area contributed by atoms with Crippen molar-refractivity contribution in [2.75, 3.05) is 5.32 Å². The Morgan fingerprint density at radius 1 is 1.44 bits per heavy atom. The van der Waals surface area contributed by atoms with Crippen LogP contribution in [0, 0.1) is 0 Å². The van der Waals surface area contributed by atoms with Gasteiger partial charge in [0.05, 0.1) is 22.8 Å². The molecule has 2 N–H and O–H groups in total. The highest BCUT2D eigenvalue weighted by Gasteiger charge is 2.08. The molecule has 0 aliphatic rings. The second-order valence-electron chi connectivity index (χ2n) is 3.41. The molecule has 2 aromatic rings. The molecule has 2 aromatic heterocycles. The summed E-state index contributed by atoms with van der Waals surface area (Å²) in [5, 5.41) is 12.0. The largest absolute Gasteiger partial charge is 0.478 e. The second-order valence-corrected chi connectivity index (χ2v) is 3.82. The van der Waals surface area contributed by atoms with Gasteiger partial charge in [-0.25, -0.2) is 19.7 Å². The number of aromatic nitrogens is 3. The van der Waals surface area contributed by atoms with Crippen LogP contribution in [0.25, 0.3) is 0 Å². The first-order valence-corrected chi connectivity index (χ1v) is 5.42. The molecule has 2 rings (SSSR count). The van der Waals surface area contributed by atoms with E-state index >= 15 is 0 Å². The first kappa shape index (κ1) is 12.3. The van der Waals surface area contributed by atoms with Crippen LogP contribution in [-0.2, 0) is 6.54 Å². The molecule has 0 saturated carbocycles. The van der Waals surface area contributed by atoms with E-state index in [0.717, 1.165) is 5.69 Å². The minimum Gasteiger partial charge on any atom is -0.478 e. The number of carbonyl (C=O) groups is 1. The number of halogens is 1. The number of pyridine rings is 1. The lowest BCUT2D eigenvalue weighted by atomic mass is 10.3. The highest BCUT2D eigenvalue weighted by Crippen LogP contribution is 2.20. The van der Waals surface area contributed by atoms with Gasteiger partial charge in [0.25, 0.3) is 0 Å². The van der Waals surface area contributed by atoms with Gasteiger partial charge in [-0.3, -0.25) is 0 Å². The van der Waals surface area contributed by atoms with Crippen LogP contribution in [0.5, 0.6) is 0 Å². The third-order valence-electron chi connectivity index (χ3n) is 2.17. The van der Waals surface area contributed by atoms with Crippen LogP contribution in [0.1, 0.15) is 16.1 Å². The van der Waals surface area contributed by atoms with E-state index in [2.05, 4.69) is 20.3 Å². The molecule has 0 aliphatic heterocycles. The number of rotatable bonds is 4. The van der Waals surface area contributed by atoms with Gasteiger partial charge in [-0.05, 0) is 12.1 Å². The number of aromatic carboxylic acids is 1. The molecule has 0 spiro atoms. The maximum absolute atomic E-state index is 10.7. The molecule has 0 amide bonds. The maximum Gasteiger partial charge on any atom is 0.337 e. The van der Waals surface area contributed by atoms with Crippen LogP contribution in [0.2, 0.25) is 5.02 Å². The first-order valence-electron chi connectivity index (χ1n) is 5.04. The lowest BCUT2D eigenvalue weighted by Crippen LogP contribution is -2.05. The molecular formula is C11H9ClN4O2. The van der Waals surface area contributed by atoms with Crippen LogP contribution >= 0.6 is 11.6 Å². The Morgan fingerprint density at radius 2 is 2.28 bits per heavy atom. The van der Waals surface area contributed by atoms with E-state index in [1.165, 1.54) is 18.6 Å². The maximum atomic E-state index is 10.7. The first-order chi connectivity index (χ1) is 8.66. The molecule has 92 valence electrons. The van der Waals surface area contributed by atoms with E-state index < -0.39 is 5.97 Å². The normalized spacial score (nSPS) is 10.1. The van der Waals surface area contributed by atoms with Crippen molar-refractivity contribution < 1.29 is 9.90 Å². The summed E-state index contributed by atoms with van der Waals surface area (Å²) in [6.07, 6.45) is 4.32. The zero-order chi connectivity index (χ0) is 13.0. The Bertz CT molecular complexity index is 562. The van der Waals surface area contributed by atoms with Crippen molar-refractivity contribution in [3.8, 4) is 0 Å². The number of carboxylic acids is 1. The quantitative estimate of drug-likeness (QED) is 0.876. The van der Waals surface area contributed by atoms with Gasteiger partial charge in [0.1, 0.15) is 12.1 Å². The van der Waals surface area contributed by atoms with Gasteiger partial charge < -0.3 is 10.4 Å². The highest BCUT2D eigenvalue weighted by molar-refractivity contribution is 6.33. The molecule has 0 fully saturated rings. The van der Waals surface area contributed by atoms with Crippen LogP contribution < -0.4 is 5.32 Å². The van der Waals surface area contributed by atoms with Crippen molar-refractivity contribution in [2.24, 2.45) is 0 Å². The van der Waals surface area contributed by atoms with Crippen LogP contribution in [0.4, 0.5) is 5.82 Å².